The van der Waals surface area contributed by atoms with Crippen molar-refractivity contribution in [2.45, 2.75) is 39.7 Å². The molecule has 0 aliphatic carbocycles. The number of rotatable bonds is 8. The Morgan fingerprint density at radius 3 is 2.61 bits per heavy atom. The number of nitrogens with one attached hydrogen (secondary N) is 1. The van der Waals surface area contributed by atoms with Crippen molar-refractivity contribution in [3.05, 3.63) is 99.8 Å². The van der Waals surface area contributed by atoms with Gasteiger partial charge >= 0.3 is 6.03 Å². The first-order valence-corrected chi connectivity index (χ1v) is 12.4. The van der Waals surface area contributed by atoms with Gasteiger partial charge in [-0.15, -0.1) is 0 Å². The van der Waals surface area contributed by atoms with E-state index in [0.29, 0.717) is 22.8 Å². The minimum Gasteiger partial charge on any atom is -0.481 e. The molecule has 7 nitrogen and oxygen atoms in total. The molecule has 0 spiro atoms. The average Bonchev–Trinajstić information content (AvgIpc) is 3.12. The largest absolute Gasteiger partial charge is 0.481 e. The zero-order chi connectivity index (χ0) is 25.9. The Morgan fingerprint density at radius 1 is 1.17 bits per heavy atom. The van der Waals surface area contributed by atoms with E-state index in [0.717, 1.165) is 47.3 Å². The number of para-hydroxylation sites is 1. The van der Waals surface area contributed by atoms with Crippen LogP contribution in [-0.4, -0.2) is 28.8 Å². The number of hydrogen-bond donors (Lipinski definition) is 2. The number of hydrogen-bond acceptors (Lipinski definition) is 4. The Balaban J connectivity index is 1.64. The van der Waals surface area contributed by atoms with Crippen LogP contribution in [0.15, 0.2) is 72.7 Å². The molecule has 3 aromatic rings. The summed E-state index contributed by atoms with van der Waals surface area (Å²) in [7, 11) is 1.90. The fourth-order valence-electron chi connectivity index (χ4n) is 4.74. The molecule has 186 valence electrons. The summed E-state index contributed by atoms with van der Waals surface area (Å²) >= 11 is 6.59. The molecule has 1 aromatic heterocycles. The van der Waals surface area contributed by atoms with Gasteiger partial charge in [0.25, 0.3) is 0 Å². The first-order valence-electron chi connectivity index (χ1n) is 12.0. The summed E-state index contributed by atoms with van der Waals surface area (Å²) in [6.45, 7) is 4.54. The number of aromatic nitrogens is 1. The summed E-state index contributed by atoms with van der Waals surface area (Å²) in [5.41, 5.74) is 9.31. The SMILES string of the molecule is CCCCC1=C[N+](C)(c2c(C)cccc2Cl)C(=O)N1Cc1ccc(-c2ccccc2C(=N)[N-]N)nc1. The van der Waals surface area contributed by atoms with E-state index < -0.39 is 0 Å². The summed E-state index contributed by atoms with van der Waals surface area (Å²) in [6, 6.07) is 17.0. The van der Waals surface area contributed by atoms with Crippen LogP contribution in [0.2, 0.25) is 5.02 Å². The van der Waals surface area contributed by atoms with E-state index in [4.69, 9.17) is 22.9 Å². The Labute approximate surface area is 217 Å². The van der Waals surface area contributed by atoms with Crippen LogP contribution in [0.5, 0.6) is 0 Å². The summed E-state index contributed by atoms with van der Waals surface area (Å²) in [5.74, 6) is 5.33. The van der Waals surface area contributed by atoms with E-state index in [9.17, 15) is 4.79 Å². The van der Waals surface area contributed by atoms with Crippen molar-refractivity contribution in [3.63, 3.8) is 0 Å². The quantitative estimate of drug-likeness (QED) is 0.115. The number of pyridine rings is 1. The van der Waals surface area contributed by atoms with Gasteiger partial charge in [0, 0.05) is 17.3 Å². The van der Waals surface area contributed by atoms with Crippen molar-refractivity contribution in [2.75, 3.05) is 7.05 Å². The van der Waals surface area contributed by atoms with Crippen molar-refractivity contribution < 1.29 is 4.79 Å². The Kier molecular flexibility index (Phi) is 7.54. The maximum atomic E-state index is 13.9. The second-order valence-corrected chi connectivity index (χ2v) is 9.56. The van der Waals surface area contributed by atoms with Crippen LogP contribution in [0.1, 0.15) is 42.9 Å². The summed E-state index contributed by atoms with van der Waals surface area (Å²) in [6.07, 6.45) is 6.65. The third kappa shape index (κ3) is 4.78. The van der Waals surface area contributed by atoms with Gasteiger partial charge in [0.05, 0.1) is 25.0 Å². The van der Waals surface area contributed by atoms with Gasteiger partial charge in [0.1, 0.15) is 11.2 Å². The maximum absolute atomic E-state index is 13.9. The molecule has 3 N–H and O–H groups in total. The molecule has 1 aliphatic heterocycles. The third-order valence-electron chi connectivity index (χ3n) is 6.57. The van der Waals surface area contributed by atoms with Crippen LogP contribution in [0.3, 0.4) is 0 Å². The predicted molar refractivity (Wildman–Crippen MR) is 147 cm³/mol. The van der Waals surface area contributed by atoms with Crippen LogP contribution < -0.4 is 10.3 Å². The normalized spacial score (nSPS) is 17.3. The first kappa shape index (κ1) is 25.6. The number of aryl methyl sites for hydroxylation is 1. The smallest absolute Gasteiger partial charge is 0.433 e. The van der Waals surface area contributed by atoms with E-state index >= 15 is 0 Å². The number of nitrogens with zero attached hydrogens (tertiary/aromatic N) is 4. The van der Waals surface area contributed by atoms with E-state index in [1.165, 1.54) is 0 Å². The van der Waals surface area contributed by atoms with Crippen molar-refractivity contribution in [2.24, 2.45) is 5.84 Å². The van der Waals surface area contributed by atoms with Crippen LogP contribution >= 0.6 is 11.6 Å². The third-order valence-corrected chi connectivity index (χ3v) is 6.88. The van der Waals surface area contributed by atoms with Crippen LogP contribution in [0.25, 0.3) is 16.7 Å². The highest BCUT2D eigenvalue weighted by Gasteiger charge is 2.47. The summed E-state index contributed by atoms with van der Waals surface area (Å²) in [5, 5.41) is 8.60. The number of carbonyl (C=O) groups is 1. The Morgan fingerprint density at radius 2 is 1.94 bits per heavy atom. The molecule has 2 aromatic carbocycles. The molecule has 0 bridgehead atoms. The number of allylic oxidation sites excluding steroid dienone is 1. The molecule has 36 heavy (non-hydrogen) atoms. The van der Waals surface area contributed by atoms with Gasteiger partial charge in [0.2, 0.25) is 0 Å². The lowest BCUT2D eigenvalue weighted by Gasteiger charge is -2.27. The molecular formula is C28H31ClN6O. The monoisotopic (exact) mass is 502 g/mol. The number of halogens is 1. The molecule has 2 heterocycles. The second-order valence-electron chi connectivity index (χ2n) is 9.15. The van der Waals surface area contributed by atoms with Gasteiger partial charge in [-0.3, -0.25) is 9.88 Å². The number of amides is 2. The van der Waals surface area contributed by atoms with Crippen LogP contribution in [0.4, 0.5) is 10.5 Å². The first-order chi connectivity index (χ1) is 17.3. The molecule has 4 rings (SSSR count). The summed E-state index contributed by atoms with van der Waals surface area (Å²) < 4.78 is 0.00808. The minimum atomic E-state index is -0.0373. The lowest BCUT2D eigenvalue weighted by Crippen LogP contribution is -2.47. The van der Waals surface area contributed by atoms with E-state index in [1.807, 2.05) is 73.6 Å². The molecule has 0 saturated heterocycles. The van der Waals surface area contributed by atoms with E-state index in [-0.39, 0.29) is 16.3 Å². The molecule has 1 aliphatic rings. The number of nitrogens with two attached hydrogens (primary N) is 1. The molecule has 1 atom stereocenters. The highest BCUT2D eigenvalue weighted by atomic mass is 35.5. The molecule has 1 unspecified atom stereocenters. The fourth-order valence-corrected chi connectivity index (χ4v) is 5.13. The molecule has 0 saturated carbocycles. The lowest BCUT2D eigenvalue weighted by atomic mass is 10.0. The van der Waals surface area contributed by atoms with Gasteiger partial charge in [0.15, 0.2) is 5.69 Å². The average molecular weight is 503 g/mol. The number of urea groups is 1. The highest BCUT2D eigenvalue weighted by molar-refractivity contribution is 6.33. The predicted octanol–water partition coefficient (Wildman–Crippen LogP) is 6.89. The number of amidine groups is 1. The van der Waals surface area contributed by atoms with Crippen molar-refractivity contribution in [3.8, 4) is 11.3 Å². The zero-order valence-electron chi connectivity index (χ0n) is 20.8. The topological polar surface area (TPSA) is 97.2 Å². The van der Waals surface area contributed by atoms with Crippen LogP contribution in [0, 0.1) is 12.3 Å². The lowest BCUT2D eigenvalue weighted by molar-refractivity contribution is 0.197. The summed E-state index contributed by atoms with van der Waals surface area (Å²) in [4.78, 5) is 20.4. The van der Waals surface area contributed by atoms with E-state index in [2.05, 4.69) is 17.3 Å². The van der Waals surface area contributed by atoms with Crippen molar-refractivity contribution in [1.82, 2.24) is 14.4 Å². The van der Waals surface area contributed by atoms with Gasteiger partial charge in [-0.2, -0.15) is 4.48 Å². The number of benzene rings is 2. The van der Waals surface area contributed by atoms with Gasteiger partial charge in [-0.05, 0) is 48.9 Å². The molecule has 2 amide bonds. The standard InChI is InChI=1S/C28H31ClN6O/c1-4-5-10-21-18-35(3,26-19(2)9-8-13-24(26)29)28(36)34(21)17-20-14-15-25(32-16-20)22-11-6-7-12-23(22)27(30)33-31/h6-9,11-16,18H,4-5,10,17H2,1-3H3,(H3-,30,31,32,33). The number of unbranched alkanes of at least 4 members (excludes halogenated alkanes) is 1. The molecular weight excluding hydrogens is 472 g/mol. The second kappa shape index (κ2) is 10.6. The maximum Gasteiger partial charge on any atom is 0.433 e. The zero-order valence-corrected chi connectivity index (χ0v) is 21.6. The Bertz CT molecular complexity index is 1300. The number of carbonyl (C=O) groups excluding carboxylic acids is 1. The highest BCUT2D eigenvalue weighted by Crippen LogP contribution is 2.40. The van der Waals surface area contributed by atoms with E-state index in [1.54, 1.807) is 12.3 Å². The minimum absolute atomic E-state index is 0.00300. The number of quaternary nitrogens is 1. The van der Waals surface area contributed by atoms with Gasteiger partial charge < -0.3 is 16.7 Å². The van der Waals surface area contributed by atoms with Gasteiger partial charge in [-0.1, -0.05) is 67.4 Å². The Hall–Kier alpha value is -3.52. The van der Waals surface area contributed by atoms with Crippen molar-refractivity contribution >= 4 is 29.2 Å². The molecule has 0 fully saturated rings. The van der Waals surface area contributed by atoms with Gasteiger partial charge in [-0.25, -0.2) is 4.79 Å². The fraction of sp³-hybridized carbons (Fsp3) is 0.250. The van der Waals surface area contributed by atoms with Crippen molar-refractivity contribution in [1.29, 1.82) is 5.41 Å². The van der Waals surface area contributed by atoms with Crippen LogP contribution in [-0.2, 0) is 6.54 Å². The molecule has 0 radical (unpaired) electrons. The molecule has 8 heteroatoms.